The van der Waals surface area contributed by atoms with Gasteiger partial charge in [0.05, 0.1) is 6.04 Å². The Morgan fingerprint density at radius 2 is 1.76 bits per heavy atom. The Bertz CT molecular complexity index is 378. The van der Waals surface area contributed by atoms with Crippen molar-refractivity contribution in [2.24, 2.45) is 17.0 Å². The number of likely N-dealkylation sites (tertiary alicyclic amines) is 1. The topological polar surface area (TPSA) is 32.7 Å². The molecule has 0 N–H and O–H groups in total. The van der Waals surface area contributed by atoms with Gasteiger partial charge in [-0.1, -0.05) is 35.5 Å². The monoisotopic (exact) mass is 230 g/mol. The normalized spacial score (nSPS) is 32.6. The molecule has 2 unspecified atom stereocenters. The first-order valence-corrected chi connectivity index (χ1v) is 6.45. The molecular formula is C14H18N2O. The first-order valence-electron chi connectivity index (χ1n) is 6.45. The third-order valence-electron chi connectivity index (χ3n) is 4.23. The van der Waals surface area contributed by atoms with Gasteiger partial charge in [-0.05, 0) is 30.2 Å². The summed E-state index contributed by atoms with van der Waals surface area (Å²) in [4.78, 5) is 13.3. The molecule has 2 atom stereocenters. The molecule has 0 radical (unpaired) electrons. The lowest BCUT2D eigenvalue weighted by molar-refractivity contribution is 0.141. The zero-order valence-corrected chi connectivity index (χ0v) is 9.96. The number of hydrogen-bond acceptors (Lipinski definition) is 3. The van der Waals surface area contributed by atoms with Crippen molar-refractivity contribution in [1.29, 1.82) is 0 Å². The SMILES string of the molecule is O=NC1C2CCC1CN(Cc1ccccc1)C2. The van der Waals surface area contributed by atoms with Crippen molar-refractivity contribution >= 4 is 0 Å². The third kappa shape index (κ3) is 2.12. The minimum absolute atomic E-state index is 0.0991. The molecule has 90 valence electrons. The molecule has 3 nitrogen and oxygen atoms in total. The number of nitroso groups, excluding NO2 is 1. The van der Waals surface area contributed by atoms with Gasteiger partial charge in [-0.15, -0.1) is 0 Å². The summed E-state index contributed by atoms with van der Waals surface area (Å²) in [6.45, 7) is 3.10. The van der Waals surface area contributed by atoms with Gasteiger partial charge in [0.15, 0.2) is 0 Å². The fraction of sp³-hybridized carbons (Fsp3) is 0.571. The molecule has 1 aromatic rings. The summed E-state index contributed by atoms with van der Waals surface area (Å²) in [5.41, 5.74) is 1.37. The number of fused-ring (bicyclic) bond motifs is 2. The van der Waals surface area contributed by atoms with Gasteiger partial charge in [-0.2, -0.15) is 4.91 Å². The van der Waals surface area contributed by atoms with Crippen LogP contribution in [0.5, 0.6) is 0 Å². The van der Waals surface area contributed by atoms with Gasteiger partial charge in [0.25, 0.3) is 0 Å². The smallest absolute Gasteiger partial charge is 0.1000 e. The maximum atomic E-state index is 10.8. The minimum atomic E-state index is 0.0991. The standard InChI is InChI=1S/C14H18N2O/c17-15-14-12-6-7-13(14)10-16(9-12)8-11-4-2-1-3-5-11/h1-5,12-14H,6-10H2. The highest BCUT2D eigenvalue weighted by Crippen LogP contribution is 2.39. The average molecular weight is 230 g/mol. The van der Waals surface area contributed by atoms with Crippen molar-refractivity contribution in [2.45, 2.75) is 25.4 Å². The van der Waals surface area contributed by atoms with Crippen molar-refractivity contribution in [1.82, 2.24) is 4.90 Å². The average Bonchev–Trinajstić information content (AvgIpc) is 2.61. The Balaban J connectivity index is 1.66. The molecule has 1 aliphatic heterocycles. The van der Waals surface area contributed by atoms with Gasteiger partial charge in [-0.3, -0.25) is 4.90 Å². The third-order valence-corrected chi connectivity index (χ3v) is 4.23. The Kier molecular flexibility index (Phi) is 2.93. The Morgan fingerprint density at radius 1 is 1.12 bits per heavy atom. The van der Waals surface area contributed by atoms with Crippen LogP contribution in [0.25, 0.3) is 0 Å². The molecular weight excluding hydrogens is 212 g/mol. The van der Waals surface area contributed by atoms with Gasteiger partial charge in [0, 0.05) is 19.6 Å². The van der Waals surface area contributed by atoms with Gasteiger partial charge >= 0.3 is 0 Å². The largest absolute Gasteiger partial charge is 0.298 e. The summed E-state index contributed by atoms with van der Waals surface area (Å²) >= 11 is 0. The van der Waals surface area contributed by atoms with E-state index in [-0.39, 0.29) is 6.04 Å². The fourth-order valence-corrected chi connectivity index (χ4v) is 3.43. The van der Waals surface area contributed by atoms with Crippen LogP contribution in [0.1, 0.15) is 18.4 Å². The van der Waals surface area contributed by atoms with Crippen molar-refractivity contribution in [3.05, 3.63) is 40.8 Å². The first-order chi connectivity index (χ1) is 8.36. The molecule has 0 spiro atoms. The molecule has 3 rings (SSSR count). The van der Waals surface area contributed by atoms with E-state index in [1.54, 1.807) is 0 Å². The maximum absolute atomic E-state index is 10.8. The van der Waals surface area contributed by atoms with Crippen LogP contribution >= 0.6 is 0 Å². The number of benzene rings is 1. The predicted octanol–water partition coefficient (Wildman–Crippen LogP) is 2.66. The second kappa shape index (κ2) is 4.57. The molecule has 1 aliphatic carbocycles. The summed E-state index contributed by atoms with van der Waals surface area (Å²) < 4.78 is 0. The quantitative estimate of drug-likeness (QED) is 0.748. The van der Waals surface area contributed by atoms with Crippen LogP contribution < -0.4 is 0 Å². The van der Waals surface area contributed by atoms with Crippen molar-refractivity contribution in [3.8, 4) is 0 Å². The van der Waals surface area contributed by atoms with Crippen molar-refractivity contribution < 1.29 is 0 Å². The molecule has 1 saturated heterocycles. The lowest BCUT2D eigenvalue weighted by atomic mass is 9.93. The highest BCUT2D eigenvalue weighted by atomic mass is 16.3. The lowest BCUT2D eigenvalue weighted by Crippen LogP contribution is -2.43. The molecule has 0 amide bonds. The molecule has 1 heterocycles. The molecule has 1 aromatic carbocycles. The molecule has 2 fully saturated rings. The highest BCUT2D eigenvalue weighted by Gasteiger charge is 2.42. The van der Waals surface area contributed by atoms with Crippen LogP contribution in [0.3, 0.4) is 0 Å². The van der Waals surface area contributed by atoms with Gasteiger partial charge in [0.1, 0.15) is 0 Å². The van der Waals surface area contributed by atoms with Crippen LogP contribution in [0.15, 0.2) is 35.5 Å². The van der Waals surface area contributed by atoms with E-state index in [9.17, 15) is 4.91 Å². The lowest BCUT2D eigenvalue weighted by Gasteiger charge is -2.34. The van der Waals surface area contributed by atoms with E-state index in [2.05, 4.69) is 40.4 Å². The van der Waals surface area contributed by atoms with E-state index in [4.69, 9.17) is 0 Å². The Labute approximate surface area is 102 Å². The van der Waals surface area contributed by atoms with E-state index < -0.39 is 0 Å². The number of nitrogens with zero attached hydrogens (tertiary/aromatic N) is 2. The summed E-state index contributed by atoms with van der Waals surface area (Å²) in [5, 5.41) is 3.34. The van der Waals surface area contributed by atoms with Gasteiger partial charge < -0.3 is 0 Å². The maximum Gasteiger partial charge on any atom is 0.1000 e. The van der Waals surface area contributed by atoms with Crippen molar-refractivity contribution in [2.75, 3.05) is 13.1 Å². The number of hydrogen-bond donors (Lipinski definition) is 0. The first kappa shape index (κ1) is 10.9. The van der Waals surface area contributed by atoms with Gasteiger partial charge in [0.2, 0.25) is 0 Å². The minimum Gasteiger partial charge on any atom is -0.298 e. The van der Waals surface area contributed by atoms with Crippen LogP contribution in [-0.4, -0.2) is 24.0 Å². The molecule has 2 aliphatic rings. The molecule has 17 heavy (non-hydrogen) atoms. The molecule has 1 saturated carbocycles. The second-order valence-electron chi connectivity index (χ2n) is 5.37. The number of rotatable bonds is 3. The Hall–Kier alpha value is -1.22. The summed E-state index contributed by atoms with van der Waals surface area (Å²) in [6.07, 6.45) is 2.37. The van der Waals surface area contributed by atoms with E-state index >= 15 is 0 Å². The molecule has 2 bridgehead atoms. The summed E-state index contributed by atoms with van der Waals surface area (Å²) in [6, 6.07) is 10.7. The van der Waals surface area contributed by atoms with Gasteiger partial charge in [-0.25, -0.2) is 0 Å². The van der Waals surface area contributed by atoms with E-state index in [0.29, 0.717) is 11.8 Å². The van der Waals surface area contributed by atoms with Crippen LogP contribution in [-0.2, 0) is 6.54 Å². The molecule has 0 aromatic heterocycles. The summed E-state index contributed by atoms with van der Waals surface area (Å²) in [7, 11) is 0. The zero-order chi connectivity index (χ0) is 11.7. The van der Waals surface area contributed by atoms with E-state index in [0.717, 1.165) is 19.6 Å². The number of piperidine rings is 1. The molecule has 3 heteroatoms. The van der Waals surface area contributed by atoms with Crippen LogP contribution in [0.4, 0.5) is 0 Å². The highest BCUT2D eigenvalue weighted by molar-refractivity contribution is 5.15. The van der Waals surface area contributed by atoms with Crippen molar-refractivity contribution in [3.63, 3.8) is 0 Å². The van der Waals surface area contributed by atoms with E-state index in [1.165, 1.54) is 18.4 Å². The summed E-state index contributed by atoms with van der Waals surface area (Å²) in [5.74, 6) is 1.02. The predicted molar refractivity (Wildman–Crippen MR) is 67.5 cm³/mol. The zero-order valence-electron chi connectivity index (χ0n) is 9.96. The Morgan fingerprint density at radius 3 is 2.35 bits per heavy atom. The fourth-order valence-electron chi connectivity index (χ4n) is 3.43. The van der Waals surface area contributed by atoms with Crippen LogP contribution in [0, 0.1) is 16.7 Å². The van der Waals surface area contributed by atoms with Crippen LogP contribution in [0.2, 0.25) is 0 Å². The second-order valence-corrected chi connectivity index (χ2v) is 5.37. The van der Waals surface area contributed by atoms with E-state index in [1.807, 2.05) is 0 Å².